The lowest BCUT2D eigenvalue weighted by atomic mass is 10.1. The number of nitro groups is 1. The zero-order valence-corrected chi connectivity index (χ0v) is 15.0. The number of amides is 1. The molecule has 144 valence electrons. The van der Waals surface area contributed by atoms with E-state index in [4.69, 9.17) is 15.7 Å². The fourth-order valence-electron chi connectivity index (χ4n) is 3.07. The van der Waals surface area contributed by atoms with Crippen molar-refractivity contribution in [1.82, 2.24) is 9.88 Å². The smallest absolute Gasteiger partial charge is 0.287 e. The molecule has 1 amide bonds. The van der Waals surface area contributed by atoms with Crippen LogP contribution < -0.4 is 10.5 Å². The average Bonchev–Trinajstić information content (AvgIpc) is 3.18. The summed E-state index contributed by atoms with van der Waals surface area (Å²) >= 11 is 0. The molecule has 2 atom stereocenters. The number of nitriles is 1. The maximum atomic E-state index is 12.5. The summed E-state index contributed by atoms with van der Waals surface area (Å²) in [7, 11) is 0. The Balaban J connectivity index is 1.58. The van der Waals surface area contributed by atoms with Crippen LogP contribution in [0.25, 0.3) is 0 Å². The van der Waals surface area contributed by atoms with E-state index < -0.39 is 11.0 Å². The van der Waals surface area contributed by atoms with Gasteiger partial charge in [0.05, 0.1) is 17.0 Å². The second-order valence-electron chi connectivity index (χ2n) is 6.49. The first-order valence-corrected chi connectivity index (χ1v) is 8.81. The van der Waals surface area contributed by atoms with Gasteiger partial charge < -0.3 is 15.4 Å². The topological polar surface area (TPSA) is 135 Å². The maximum absolute atomic E-state index is 12.5. The molecule has 9 nitrogen and oxygen atoms in total. The molecule has 1 aromatic carbocycles. The van der Waals surface area contributed by atoms with Crippen LogP contribution in [0.4, 0.5) is 5.69 Å². The quantitative estimate of drug-likeness (QED) is 0.598. The summed E-state index contributed by atoms with van der Waals surface area (Å²) in [5, 5.41) is 19.7. The molecule has 28 heavy (non-hydrogen) atoms. The minimum absolute atomic E-state index is 0.113. The van der Waals surface area contributed by atoms with E-state index in [2.05, 4.69) is 11.1 Å². The van der Waals surface area contributed by atoms with Gasteiger partial charge in [0.25, 0.3) is 5.69 Å². The Morgan fingerprint density at radius 1 is 1.39 bits per heavy atom. The molecule has 2 heterocycles. The van der Waals surface area contributed by atoms with Crippen LogP contribution in [0.5, 0.6) is 11.6 Å². The van der Waals surface area contributed by atoms with E-state index >= 15 is 0 Å². The molecular formula is C19H19N5O4. The summed E-state index contributed by atoms with van der Waals surface area (Å²) in [6.07, 6.45) is 2.99. The predicted molar refractivity (Wildman–Crippen MR) is 99.4 cm³/mol. The Hall–Kier alpha value is -3.51. The molecule has 2 aromatic rings. The molecule has 1 aliphatic rings. The summed E-state index contributed by atoms with van der Waals surface area (Å²) in [5.74, 6) is 0.537. The molecule has 1 fully saturated rings. The maximum Gasteiger partial charge on any atom is 0.287 e. The number of nitrogens with zero attached hydrogens (tertiary/aromatic N) is 4. The summed E-state index contributed by atoms with van der Waals surface area (Å²) in [4.78, 5) is 28.0. The molecular weight excluding hydrogens is 362 g/mol. The first-order valence-electron chi connectivity index (χ1n) is 8.81. The van der Waals surface area contributed by atoms with Gasteiger partial charge >= 0.3 is 0 Å². The number of carbonyl (C=O) groups is 1. The van der Waals surface area contributed by atoms with Crippen molar-refractivity contribution in [2.75, 3.05) is 6.54 Å². The van der Waals surface area contributed by atoms with E-state index in [9.17, 15) is 14.9 Å². The number of likely N-dealkylation sites (tertiary alicyclic amines) is 1. The third-order valence-electron chi connectivity index (χ3n) is 4.54. The lowest BCUT2D eigenvalue weighted by Gasteiger charge is -2.23. The Morgan fingerprint density at radius 2 is 2.14 bits per heavy atom. The molecule has 0 saturated carbocycles. The Morgan fingerprint density at radius 3 is 2.75 bits per heavy atom. The van der Waals surface area contributed by atoms with Crippen molar-refractivity contribution < 1.29 is 14.5 Å². The van der Waals surface area contributed by atoms with Crippen LogP contribution in [0.2, 0.25) is 0 Å². The third kappa shape index (κ3) is 4.42. The molecule has 0 unspecified atom stereocenters. The van der Waals surface area contributed by atoms with Crippen molar-refractivity contribution >= 4 is 11.6 Å². The summed E-state index contributed by atoms with van der Waals surface area (Å²) in [5.41, 5.74) is 6.80. The molecule has 9 heteroatoms. The lowest BCUT2D eigenvalue weighted by Crippen LogP contribution is -2.46. The minimum Gasteiger partial charge on any atom is -0.439 e. The van der Waals surface area contributed by atoms with Gasteiger partial charge in [0.2, 0.25) is 11.8 Å². The summed E-state index contributed by atoms with van der Waals surface area (Å²) in [6, 6.07) is 10.8. The number of rotatable bonds is 6. The van der Waals surface area contributed by atoms with Crippen molar-refractivity contribution in [2.24, 2.45) is 5.73 Å². The third-order valence-corrected chi connectivity index (χ3v) is 4.54. The lowest BCUT2D eigenvalue weighted by molar-refractivity contribution is -0.385. The van der Waals surface area contributed by atoms with Gasteiger partial charge in [-0.1, -0.05) is 12.1 Å². The number of hydrogen-bond donors (Lipinski definition) is 1. The van der Waals surface area contributed by atoms with Gasteiger partial charge in [-0.15, -0.1) is 0 Å². The van der Waals surface area contributed by atoms with Crippen molar-refractivity contribution in [3.8, 4) is 17.7 Å². The fourth-order valence-corrected chi connectivity index (χ4v) is 3.07. The first-order chi connectivity index (χ1) is 13.5. The van der Waals surface area contributed by atoms with Crippen LogP contribution in [0.1, 0.15) is 18.4 Å². The molecule has 1 aromatic heterocycles. The highest BCUT2D eigenvalue weighted by Crippen LogP contribution is 2.22. The Kier molecular flexibility index (Phi) is 5.81. The molecule has 0 radical (unpaired) electrons. The van der Waals surface area contributed by atoms with E-state index in [1.165, 1.54) is 12.1 Å². The van der Waals surface area contributed by atoms with Crippen LogP contribution in [-0.4, -0.2) is 39.3 Å². The fraction of sp³-hybridized carbons (Fsp3) is 0.316. The monoisotopic (exact) mass is 381 g/mol. The van der Waals surface area contributed by atoms with Crippen molar-refractivity contribution in [3.63, 3.8) is 0 Å². The molecule has 3 rings (SSSR count). The minimum atomic E-state index is -0.711. The number of aromatic nitrogens is 1. The number of ether oxygens (including phenoxy) is 1. The van der Waals surface area contributed by atoms with Crippen LogP contribution >= 0.6 is 0 Å². The molecule has 0 aliphatic carbocycles. The average molecular weight is 381 g/mol. The van der Waals surface area contributed by atoms with Gasteiger partial charge in [-0.3, -0.25) is 14.9 Å². The predicted octanol–water partition coefficient (Wildman–Crippen LogP) is 2.17. The highest BCUT2D eigenvalue weighted by atomic mass is 16.6. The molecule has 2 N–H and O–H groups in total. The molecule has 0 spiro atoms. The van der Waals surface area contributed by atoms with Crippen LogP contribution in [0.3, 0.4) is 0 Å². The molecule has 1 aliphatic heterocycles. The van der Waals surface area contributed by atoms with Crippen molar-refractivity contribution in [3.05, 3.63) is 58.3 Å². The van der Waals surface area contributed by atoms with Gasteiger partial charge in [0.1, 0.15) is 18.0 Å². The van der Waals surface area contributed by atoms with Crippen LogP contribution in [0, 0.1) is 21.4 Å². The van der Waals surface area contributed by atoms with Gasteiger partial charge in [-0.05, 0) is 37.0 Å². The van der Waals surface area contributed by atoms with E-state index in [0.29, 0.717) is 25.1 Å². The normalized spacial score (nSPS) is 17.0. The largest absolute Gasteiger partial charge is 0.439 e. The number of hydrogen-bond acceptors (Lipinski definition) is 7. The van der Waals surface area contributed by atoms with E-state index in [1.807, 2.05) is 0 Å². The number of nitrogens with two attached hydrogens (primary N) is 1. The standard InChI is InChI=1S/C19H19N5O4/c20-11-14-2-1-9-23(14)19(25)17(21)10-13-3-6-16(7-4-13)28-18-8-5-15(12-22-18)24(26)27/h3-8,12,14,17H,1-2,9-10,21H2/t14-,17-/m0/s1. The Bertz CT molecular complexity index is 892. The van der Waals surface area contributed by atoms with Gasteiger partial charge in [-0.2, -0.15) is 5.26 Å². The van der Waals surface area contributed by atoms with Gasteiger partial charge in [-0.25, -0.2) is 4.98 Å². The number of pyridine rings is 1. The summed E-state index contributed by atoms with van der Waals surface area (Å²) < 4.78 is 5.55. The number of carbonyl (C=O) groups excluding carboxylic acids is 1. The SMILES string of the molecule is N#C[C@@H]1CCCN1C(=O)[C@@H](N)Cc1ccc(Oc2ccc([N+](=O)[O-])cn2)cc1. The molecule has 0 bridgehead atoms. The highest BCUT2D eigenvalue weighted by molar-refractivity contribution is 5.82. The van der Waals surface area contributed by atoms with Crippen LogP contribution in [-0.2, 0) is 11.2 Å². The summed E-state index contributed by atoms with van der Waals surface area (Å²) in [6.45, 7) is 0.569. The second-order valence-corrected chi connectivity index (χ2v) is 6.49. The molecule has 1 saturated heterocycles. The zero-order chi connectivity index (χ0) is 20.1. The Labute approximate surface area is 161 Å². The zero-order valence-electron chi connectivity index (χ0n) is 15.0. The number of benzene rings is 1. The van der Waals surface area contributed by atoms with E-state index in [-0.39, 0.29) is 23.5 Å². The first kappa shape index (κ1) is 19.3. The van der Waals surface area contributed by atoms with Gasteiger partial charge in [0, 0.05) is 18.7 Å². The van der Waals surface area contributed by atoms with Crippen LogP contribution in [0.15, 0.2) is 42.6 Å². The van der Waals surface area contributed by atoms with Crippen molar-refractivity contribution in [1.29, 1.82) is 5.26 Å². The highest BCUT2D eigenvalue weighted by Gasteiger charge is 2.31. The van der Waals surface area contributed by atoms with E-state index in [1.54, 1.807) is 29.2 Å². The van der Waals surface area contributed by atoms with Crippen molar-refractivity contribution in [2.45, 2.75) is 31.3 Å². The van der Waals surface area contributed by atoms with Gasteiger partial charge in [0.15, 0.2) is 0 Å². The van der Waals surface area contributed by atoms with E-state index in [0.717, 1.165) is 18.2 Å². The second kappa shape index (κ2) is 8.45.